The molecule has 1 unspecified atom stereocenters. The molecule has 0 aliphatic carbocycles. The Morgan fingerprint density at radius 2 is 2.15 bits per heavy atom. The molecule has 0 radical (unpaired) electrons. The standard InChI is InChI=1S/C16H20BrN3/c1-3-5-20-16(14-4-6-19-12(2)7-14)9-13-8-15(17)11-18-10-13/h4,6-8,10-11,16,20H,3,5,9H2,1-2H3. The highest BCUT2D eigenvalue weighted by Gasteiger charge is 2.12. The number of hydrogen-bond donors (Lipinski definition) is 1. The zero-order chi connectivity index (χ0) is 14.4. The van der Waals surface area contributed by atoms with Crippen LogP contribution in [0.1, 0.15) is 36.2 Å². The molecular weight excluding hydrogens is 314 g/mol. The number of pyridine rings is 2. The van der Waals surface area contributed by atoms with Crippen molar-refractivity contribution in [2.24, 2.45) is 0 Å². The lowest BCUT2D eigenvalue weighted by Gasteiger charge is -2.19. The lowest BCUT2D eigenvalue weighted by molar-refractivity contribution is 0.528. The molecule has 4 heteroatoms. The van der Waals surface area contributed by atoms with Crippen molar-refractivity contribution in [2.45, 2.75) is 32.7 Å². The van der Waals surface area contributed by atoms with Crippen molar-refractivity contribution in [2.75, 3.05) is 6.54 Å². The van der Waals surface area contributed by atoms with Crippen LogP contribution in [0.25, 0.3) is 0 Å². The van der Waals surface area contributed by atoms with Gasteiger partial charge in [-0.15, -0.1) is 0 Å². The summed E-state index contributed by atoms with van der Waals surface area (Å²) in [7, 11) is 0. The van der Waals surface area contributed by atoms with Crippen LogP contribution >= 0.6 is 15.9 Å². The van der Waals surface area contributed by atoms with Crippen LogP contribution in [0.4, 0.5) is 0 Å². The fraction of sp³-hybridized carbons (Fsp3) is 0.375. The molecule has 0 saturated carbocycles. The fourth-order valence-corrected chi connectivity index (χ4v) is 2.63. The summed E-state index contributed by atoms with van der Waals surface area (Å²) in [6.07, 6.45) is 7.67. The Kier molecular flexibility index (Phi) is 5.68. The van der Waals surface area contributed by atoms with Crippen LogP contribution < -0.4 is 5.32 Å². The van der Waals surface area contributed by atoms with Gasteiger partial charge in [0, 0.05) is 34.8 Å². The number of aryl methyl sites for hydroxylation is 1. The van der Waals surface area contributed by atoms with E-state index in [1.807, 2.05) is 25.5 Å². The number of nitrogens with zero attached hydrogens (tertiary/aromatic N) is 2. The molecule has 0 aliphatic heterocycles. The zero-order valence-electron chi connectivity index (χ0n) is 11.9. The second-order valence-electron chi connectivity index (χ2n) is 4.95. The summed E-state index contributed by atoms with van der Waals surface area (Å²) in [5.41, 5.74) is 3.56. The van der Waals surface area contributed by atoms with Gasteiger partial charge in [-0.2, -0.15) is 0 Å². The lowest BCUT2D eigenvalue weighted by atomic mass is 10.00. The Hall–Kier alpha value is -1.26. The van der Waals surface area contributed by atoms with E-state index in [2.05, 4.69) is 56.3 Å². The van der Waals surface area contributed by atoms with Crippen LogP contribution in [0.5, 0.6) is 0 Å². The molecule has 2 rings (SSSR count). The van der Waals surface area contributed by atoms with Crippen LogP contribution in [-0.2, 0) is 6.42 Å². The van der Waals surface area contributed by atoms with E-state index in [9.17, 15) is 0 Å². The first-order valence-electron chi connectivity index (χ1n) is 6.94. The van der Waals surface area contributed by atoms with Crippen LogP contribution in [0.2, 0.25) is 0 Å². The minimum Gasteiger partial charge on any atom is -0.310 e. The van der Waals surface area contributed by atoms with Crippen molar-refractivity contribution in [3.8, 4) is 0 Å². The van der Waals surface area contributed by atoms with Crippen molar-refractivity contribution in [1.82, 2.24) is 15.3 Å². The average molecular weight is 334 g/mol. The number of rotatable bonds is 6. The average Bonchev–Trinajstić information content (AvgIpc) is 2.43. The third-order valence-corrected chi connectivity index (χ3v) is 3.60. The molecule has 0 spiro atoms. The van der Waals surface area contributed by atoms with Gasteiger partial charge in [0.1, 0.15) is 0 Å². The van der Waals surface area contributed by atoms with E-state index in [1.165, 1.54) is 11.1 Å². The van der Waals surface area contributed by atoms with Crippen molar-refractivity contribution < 1.29 is 0 Å². The summed E-state index contributed by atoms with van der Waals surface area (Å²) >= 11 is 3.48. The van der Waals surface area contributed by atoms with Gasteiger partial charge in [-0.25, -0.2) is 0 Å². The molecule has 0 bridgehead atoms. The van der Waals surface area contributed by atoms with E-state index >= 15 is 0 Å². The first-order valence-corrected chi connectivity index (χ1v) is 7.73. The Bertz CT molecular complexity index is 557. The van der Waals surface area contributed by atoms with Gasteiger partial charge in [0.05, 0.1) is 0 Å². The van der Waals surface area contributed by atoms with Crippen LogP contribution in [-0.4, -0.2) is 16.5 Å². The molecule has 1 atom stereocenters. The first-order chi connectivity index (χ1) is 9.69. The van der Waals surface area contributed by atoms with Gasteiger partial charge in [0.15, 0.2) is 0 Å². The summed E-state index contributed by atoms with van der Waals surface area (Å²) < 4.78 is 1.02. The Morgan fingerprint density at radius 3 is 2.85 bits per heavy atom. The normalized spacial score (nSPS) is 12.3. The molecule has 3 nitrogen and oxygen atoms in total. The lowest BCUT2D eigenvalue weighted by Crippen LogP contribution is -2.24. The Labute approximate surface area is 129 Å². The van der Waals surface area contributed by atoms with E-state index in [0.717, 1.165) is 29.6 Å². The molecule has 106 valence electrons. The molecule has 1 N–H and O–H groups in total. The highest BCUT2D eigenvalue weighted by atomic mass is 79.9. The summed E-state index contributed by atoms with van der Waals surface area (Å²) in [5.74, 6) is 0. The minimum atomic E-state index is 0.299. The summed E-state index contributed by atoms with van der Waals surface area (Å²) in [5, 5.41) is 3.61. The molecule has 0 aromatic carbocycles. The van der Waals surface area contributed by atoms with E-state index in [-0.39, 0.29) is 0 Å². The van der Waals surface area contributed by atoms with E-state index < -0.39 is 0 Å². The molecule has 0 saturated heterocycles. The maximum Gasteiger partial charge on any atom is 0.0410 e. The summed E-state index contributed by atoms with van der Waals surface area (Å²) in [4.78, 5) is 8.52. The molecule has 0 aliphatic rings. The van der Waals surface area contributed by atoms with Gasteiger partial charge < -0.3 is 5.32 Å². The monoisotopic (exact) mass is 333 g/mol. The van der Waals surface area contributed by atoms with Gasteiger partial charge in [-0.3, -0.25) is 9.97 Å². The fourth-order valence-electron chi connectivity index (χ4n) is 2.21. The van der Waals surface area contributed by atoms with Gasteiger partial charge in [0.25, 0.3) is 0 Å². The number of hydrogen-bond acceptors (Lipinski definition) is 3. The van der Waals surface area contributed by atoms with Gasteiger partial charge in [-0.1, -0.05) is 6.92 Å². The van der Waals surface area contributed by atoms with E-state index in [4.69, 9.17) is 0 Å². The van der Waals surface area contributed by atoms with Crippen molar-refractivity contribution >= 4 is 15.9 Å². The second kappa shape index (κ2) is 7.50. The van der Waals surface area contributed by atoms with Crippen molar-refractivity contribution in [3.05, 3.63) is 58.1 Å². The Balaban J connectivity index is 2.19. The summed E-state index contributed by atoms with van der Waals surface area (Å²) in [6.45, 7) is 5.22. The smallest absolute Gasteiger partial charge is 0.0410 e. The quantitative estimate of drug-likeness (QED) is 0.872. The SMILES string of the molecule is CCCNC(Cc1cncc(Br)c1)c1ccnc(C)c1. The maximum absolute atomic E-state index is 4.28. The van der Waals surface area contributed by atoms with Gasteiger partial charge in [0.2, 0.25) is 0 Å². The predicted molar refractivity (Wildman–Crippen MR) is 85.6 cm³/mol. The van der Waals surface area contributed by atoms with E-state index in [1.54, 1.807) is 0 Å². The van der Waals surface area contributed by atoms with Crippen LogP contribution in [0, 0.1) is 6.92 Å². The number of aromatic nitrogens is 2. The molecule has 20 heavy (non-hydrogen) atoms. The molecule has 2 heterocycles. The molecular formula is C16H20BrN3. The molecule has 2 aromatic rings. The van der Waals surface area contributed by atoms with Gasteiger partial charge >= 0.3 is 0 Å². The van der Waals surface area contributed by atoms with Gasteiger partial charge in [-0.05, 0) is 71.6 Å². The third-order valence-electron chi connectivity index (χ3n) is 3.17. The minimum absolute atomic E-state index is 0.299. The molecule has 2 aromatic heterocycles. The topological polar surface area (TPSA) is 37.8 Å². The molecule has 0 fully saturated rings. The highest BCUT2D eigenvalue weighted by Crippen LogP contribution is 2.20. The Morgan fingerprint density at radius 1 is 1.30 bits per heavy atom. The van der Waals surface area contributed by atoms with Crippen molar-refractivity contribution in [3.63, 3.8) is 0 Å². The van der Waals surface area contributed by atoms with Crippen molar-refractivity contribution in [1.29, 1.82) is 0 Å². The largest absolute Gasteiger partial charge is 0.310 e. The van der Waals surface area contributed by atoms with Crippen LogP contribution in [0.15, 0.2) is 41.3 Å². The number of nitrogens with one attached hydrogen (secondary N) is 1. The second-order valence-corrected chi connectivity index (χ2v) is 5.87. The van der Waals surface area contributed by atoms with Crippen LogP contribution in [0.3, 0.4) is 0 Å². The molecule has 0 amide bonds. The zero-order valence-corrected chi connectivity index (χ0v) is 13.5. The third kappa shape index (κ3) is 4.39. The van der Waals surface area contributed by atoms with E-state index in [0.29, 0.717) is 6.04 Å². The number of halogens is 1. The predicted octanol–water partition coefficient (Wildman–Crippen LogP) is 3.83. The first kappa shape index (κ1) is 15.1. The highest BCUT2D eigenvalue weighted by molar-refractivity contribution is 9.10. The summed E-state index contributed by atoms with van der Waals surface area (Å²) in [6, 6.07) is 6.67. The maximum atomic E-state index is 4.28.